The fourth-order valence-corrected chi connectivity index (χ4v) is 2.00. The third-order valence-electron chi connectivity index (χ3n) is 3.19. The van der Waals surface area contributed by atoms with Gasteiger partial charge in [0.05, 0.1) is 5.60 Å². The smallest absolute Gasteiger partial charge is 0.138 e. The molecule has 14 heavy (non-hydrogen) atoms. The Morgan fingerprint density at radius 2 is 1.79 bits per heavy atom. The summed E-state index contributed by atoms with van der Waals surface area (Å²) in [5, 5.41) is 10.1. The number of hydrogen-bond acceptors (Lipinski definition) is 2. The van der Waals surface area contributed by atoms with Crippen LogP contribution in [0.3, 0.4) is 0 Å². The zero-order valence-corrected chi connectivity index (χ0v) is 9.60. The van der Waals surface area contributed by atoms with Gasteiger partial charge in [0.2, 0.25) is 0 Å². The summed E-state index contributed by atoms with van der Waals surface area (Å²) in [4.78, 5) is 11.7. The first-order valence-electron chi connectivity index (χ1n) is 5.59. The van der Waals surface area contributed by atoms with E-state index in [1.165, 1.54) is 0 Å². The van der Waals surface area contributed by atoms with Crippen LogP contribution in [0.4, 0.5) is 0 Å². The number of carbonyl (C=O) groups is 1. The lowest BCUT2D eigenvalue weighted by molar-refractivity contribution is -0.127. The maximum Gasteiger partial charge on any atom is 0.138 e. The van der Waals surface area contributed by atoms with Crippen LogP contribution >= 0.6 is 0 Å². The topological polar surface area (TPSA) is 37.3 Å². The zero-order chi connectivity index (χ0) is 10.8. The summed E-state index contributed by atoms with van der Waals surface area (Å²) >= 11 is 0. The molecule has 1 fully saturated rings. The number of ketones is 1. The predicted molar refractivity (Wildman–Crippen MR) is 57.1 cm³/mol. The van der Waals surface area contributed by atoms with Crippen LogP contribution in [-0.4, -0.2) is 16.5 Å². The lowest BCUT2D eigenvalue weighted by Crippen LogP contribution is -2.28. The highest BCUT2D eigenvalue weighted by atomic mass is 16.3. The van der Waals surface area contributed by atoms with Gasteiger partial charge in [-0.1, -0.05) is 33.6 Å². The molecule has 0 atom stereocenters. The van der Waals surface area contributed by atoms with Gasteiger partial charge in [-0.2, -0.15) is 0 Å². The van der Waals surface area contributed by atoms with E-state index >= 15 is 0 Å². The fraction of sp³-hybridized carbons (Fsp3) is 0.917. The predicted octanol–water partition coefficient (Wildman–Crippen LogP) is 2.69. The van der Waals surface area contributed by atoms with Crippen molar-refractivity contribution in [3.63, 3.8) is 0 Å². The van der Waals surface area contributed by atoms with Gasteiger partial charge in [0.15, 0.2) is 0 Å². The maximum atomic E-state index is 11.7. The molecule has 1 N–H and O–H groups in total. The molecule has 0 aromatic heterocycles. The second kappa shape index (κ2) is 4.01. The molecule has 1 aliphatic carbocycles. The van der Waals surface area contributed by atoms with Crippen molar-refractivity contribution in [2.75, 3.05) is 0 Å². The van der Waals surface area contributed by atoms with Gasteiger partial charge >= 0.3 is 0 Å². The minimum absolute atomic E-state index is 0.255. The molecule has 0 bridgehead atoms. The molecule has 0 saturated heterocycles. The molecule has 2 heteroatoms. The van der Waals surface area contributed by atoms with Crippen molar-refractivity contribution in [3.05, 3.63) is 0 Å². The van der Waals surface area contributed by atoms with Crippen LogP contribution in [0.5, 0.6) is 0 Å². The SMILES string of the molecule is CC(C)(C)C(=O)CCC1(O)CCCC1. The molecule has 0 aromatic rings. The Morgan fingerprint density at radius 1 is 1.29 bits per heavy atom. The minimum Gasteiger partial charge on any atom is -0.390 e. The molecule has 0 aromatic carbocycles. The van der Waals surface area contributed by atoms with Gasteiger partial charge in [0, 0.05) is 11.8 Å². The van der Waals surface area contributed by atoms with Gasteiger partial charge in [-0.25, -0.2) is 0 Å². The molecule has 0 spiro atoms. The Bertz CT molecular complexity index is 207. The molecule has 0 heterocycles. The van der Waals surface area contributed by atoms with Gasteiger partial charge < -0.3 is 5.11 Å². The largest absolute Gasteiger partial charge is 0.390 e. The molecule has 0 aliphatic heterocycles. The van der Waals surface area contributed by atoms with Gasteiger partial charge in [0.1, 0.15) is 5.78 Å². The number of aliphatic hydroxyl groups is 1. The third kappa shape index (κ3) is 3.09. The monoisotopic (exact) mass is 198 g/mol. The maximum absolute atomic E-state index is 11.7. The van der Waals surface area contributed by atoms with Crippen molar-refractivity contribution in [2.24, 2.45) is 5.41 Å². The molecule has 82 valence electrons. The highest BCUT2D eigenvalue weighted by Gasteiger charge is 2.32. The Morgan fingerprint density at radius 3 is 2.21 bits per heavy atom. The number of Topliss-reactive ketones (excluding diaryl/α,β-unsaturated/α-hetero) is 1. The van der Waals surface area contributed by atoms with Crippen LogP contribution in [-0.2, 0) is 4.79 Å². The van der Waals surface area contributed by atoms with E-state index in [2.05, 4.69) is 0 Å². The minimum atomic E-state index is -0.527. The molecule has 2 nitrogen and oxygen atoms in total. The first kappa shape index (κ1) is 11.7. The Balaban J connectivity index is 2.37. The summed E-state index contributed by atoms with van der Waals surface area (Å²) in [6, 6.07) is 0. The van der Waals surface area contributed by atoms with E-state index in [1.807, 2.05) is 20.8 Å². The number of rotatable bonds is 3. The molecule has 1 saturated carbocycles. The van der Waals surface area contributed by atoms with Crippen molar-refractivity contribution in [1.82, 2.24) is 0 Å². The Kier molecular flexibility index (Phi) is 3.36. The van der Waals surface area contributed by atoms with Crippen LogP contribution in [0.1, 0.15) is 59.3 Å². The second-order valence-electron chi connectivity index (χ2n) is 5.60. The van der Waals surface area contributed by atoms with Crippen LogP contribution < -0.4 is 0 Å². The quantitative estimate of drug-likeness (QED) is 0.757. The van der Waals surface area contributed by atoms with Gasteiger partial charge in [0.25, 0.3) is 0 Å². The third-order valence-corrected chi connectivity index (χ3v) is 3.19. The first-order valence-corrected chi connectivity index (χ1v) is 5.59. The normalized spacial score (nSPS) is 21.1. The van der Waals surface area contributed by atoms with E-state index < -0.39 is 5.60 Å². The standard InChI is InChI=1S/C12H22O2/c1-11(2,3)10(13)6-9-12(14)7-4-5-8-12/h14H,4-9H2,1-3H3. The van der Waals surface area contributed by atoms with Crippen LogP contribution in [0, 0.1) is 5.41 Å². The van der Waals surface area contributed by atoms with Crippen molar-refractivity contribution in [2.45, 2.75) is 64.9 Å². The van der Waals surface area contributed by atoms with Crippen molar-refractivity contribution in [3.8, 4) is 0 Å². The summed E-state index contributed by atoms with van der Waals surface area (Å²) < 4.78 is 0. The molecule has 1 rings (SSSR count). The fourth-order valence-electron chi connectivity index (χ4n) is 2.00. The zero-order valence-electron chi connectivity index (χ0n) is 9.60. The van der Waals surface area contributed by atoms with Crippen LogP contribution in [0.25, 0.3) is 0 Å². The molecular weight excluding hydrogens is 176 g/mol. The Hall–Kier alpha value is -0.370. The summed E-state index contributed by atoms with van der Waals surface area (Å²) in [5.41, 5.74) is -0.782. The van der Waals surface area contributed by atoms with E-state index in [4.69, 9.17) is 0 Å². The van der Waals surface area contributed by atoms with E-state index in [9.17, 15) is 9.90 Å². The van der Waals surface area contributed by atoms with Crippen LogP contribution in [0.15, 0.2) is 0 Å². The van der Waals surface area contributed by atoms with E-state index in [0.717, 1.165) is 25.7 Å². The second-order valence-corrected chi connectivity index (χ2v) is 5.60. The lowest BCUT2D eigenvalue weighted by Gasteiger charge is -2.24. The molecule has 1 aliphatic rings. The van der Waals surface area contributed by atoms with Crippen molar-refractivity contribution < 1.29 is 9.90 Å². The average molecular weight is 198 g/mol. The Labute approximate surface area is 86.7 Å². The molecule has 0 amide bonds. The van der Waals surface area contributed by atoms with E-state index in [-0.39, 0.29) is 11.2 Å². The summed E-state index contributed by atoms with van der Waals surface area (Å²) in [5.74, 6) is 0.262. The van der Waals surface area contributed by atoms with Gasteiger partial charge in [-0.05, 0) is 19.3 Å². The molecular formula is C12H22O2. The van der Waals surface area contributed by atoms with Gasteiger partial charge in [-0.3, -0.25) is 4.79 Å². The van der Waals surface area contributed by atoms with E-state index in [0.29, 0.717) is 12.8 Å². The first-order chi connectivity index (χ1) is 6.33. The number of hydrogen-bond donors (Lipinski definition) is 1. The van der Waals surface area contributed by atoms with Crippen LogP contribution in [0.2, 0.25) is 0 Å². The highest BCUT2D eigenvalue weighted by Crippen LogP contribution is 2.34. The lowest BCUT2D eigenvalue weighted by atomic mass is 9.85. The highest BCUT2D eigenvalue weighted by molar-refractivity contribution is 5.83. The van der Waals surface area contributed by atoms with Crippen molar-refractivity contribution >= 4 is 5.78 Å². The van der Waals surface area contributed by atoms with Crippen molar-refractivity contribution in [1.29, 1.82) is 0 Å². The molecule has 0 radical (unpaired) electrons. The summed E-state index contributed by atoms with van der Waals surface area (Å²) in [7, 11) is 0. The average Bonchev–Trinajstić information content (AvgIpc) is 2.47. The summed E-state index contributed by atoms with van der Waals surface area (Å²) in [6.07, 6.45) is 5.17. The molecule has 0 unspecified atom stereocenters. The number of carbonyl (C=O) groups excluding carboxylic acids is 1. The van der Waals surface area contributed by atoms with E-state index in [1.54, 1.807) is 0 Å². The summed E-state index contributed by atoms with van der Waals surface area (Å²) in [6.45, 7) is 5.82. The van der Waals surface area contributed by atoms with Gasteiger partial charge in [-0.15, -0.1) is 0 Å².